The molecule has 1 atom stereocenters. The summed E-state index contributed by atoms with van der Waals surface area (Å²) < 4.78 is 0. The van der Waals surface area contributed by atoms with Crippen LogP contribution in [0, 0.1) is 0 Å². The van der Waals surface area contributed by atoms with Crippen LogP contribution in [0.2, 0.25) is 0 Å². The second-order valence-electron chi connectivity index (χ2n) is 5.43. The number of likely N-dealkylation sites (N-methyl/N-ethyl adjacent to an activating group) is 1. The lowest BCUT2D eigenvalue weighted by Gasteiger charge is -2.35. The van der Waals surface area contributed by atoms with E-state index >= 15 is 0 Å². The molecule has 1 fully saturated rings. The summed E-state index contributed by atoms with van der Waals surface area (Å²) >= 11 is 1.76. The van der Waals surface area contributed by atoms with Crippen molar-refractivity contribution in [2.75, 3.05) is 26.2 Å². The van der Waals surface area contributed by atoms with Crippen LogP contribution in [-0.2, 0) is 6.54 Å². The third-order valence-electron chi connectivity index (χ3n) is 3.98. The molecule has 4 nitrogen and oxygen atoms in total. The Morgan fingerprint density at radius 2 is 2.23 bits per heavy atom. The van der Waals surface area contributed by atoms with Crippen molar-refractivity contribution in [1.82, 2.24) is 15.5 Å². The Morgan fingerprint density at radius 3 is 2.91 bits per heavy atom. The quantitative estimate of drug-likeness (QED) is 0.409. The molecule has 22 heavy (non-hydrogen) atoms. The van der Waals surface area contributed by atoms with Gasteiger partial charge in [-0.05, 0) is 44.3 Å². The van der Waals surface area contributed by atoms with Gasteiger partial charge in [0.2, 0.25) is 0 Å². The van der Waals surface area contributed by atoms with Crippen LogP contribution in [0.3, 0.4) is 0 Å². The highest BCUT2D eigenvalue weighted by atomic mass is 127. The summed E-state index contributed by atoms with van der Waals surface area (Å²) in [7, 11) is 0. The minimum absolute atomic E-state index is 0. The minimum Gasteiger partial charge on any atom is -0.357 e. The number of guanidine groups is 1. The molecule has 0 aliphatic carbocycles. The second-order valence-corrected chi connectivity index (χ2v) is 6.47. The van der Waals surface area contributed by atoms with Crippen molar-refractivity contribution in [2.45, 2.75) is 45.7 Å². The van der Waals surface area contributed by atoms with Crippen molar-refractivity contribution in [2.24, 2.45) is 4.99 Å². The summed E-state index contributed by atoms with van der Waals surface area (Å²) in [6.07, 6.45) is 3.99. The van der Waals surface area contributed by atoms with Gasteiger partial charge in [0.25, 0.3) is 0 Å². The third-order valence-corrected chi connectivity index (χ3v) is 4.84. The van der Waals surface area contributed by atoms with Crippen molar-refractivity contribution in [3.05, 3.63) is 22.4 Å². The van der Waals surface area contributed by atoms with E-state index in [9.17, 15) is 0 Å². The van der Waals surface area contributed by atoms with Gasteiger partial charge in [0.1, 0.15) is 0 Å². The van der Waals surface area contributed by atoms with Gasteiger partial charge in [0.05, 0.1) is 6.54 Å². The average molecular weight is 436 g/mol. The largest absolute Gasteiger partial charge is 0.357 e. The molecule has 0 aromatic carbocycles. The molecule has 126 valence electrons. The Hall–Kier alpha value is -0.340. The van der Waals surface area contributed by atoms with Gasteiger partial charge < -0.3 is 10.6 Å². The summed E-state index contributed by atoms with van der Waals surface area (Å²) in [6.45, 7) is 9.41. The van der Waals surface area contributed by atoms with E-state index in [-0.39, 0.29) is 24.0 Å². The highest BCUT2D eigenvalue weighted by Crippen LogP contribution is 2.15. The van der Waals surface area contributed by atoms with Gasteiger partial charge in [0.15, 0.2) is 5.96 Å². The van der Waals surface area contributed by atoms with Crippen molar-refractivity contribution < 1.29 is 0 Å². The van der Waals surface area contributed by atoms with Crippen LogP contribution in [0.5, 0.6) is 0 Å². The van der Waals surface area contributed by atoms with Crippen molar-refractivity contribution in [3.8, 4) is 0 Å². The normalized spacial score (nSPS) is 19.5. The first-order valence-corrected chi connectivity index (χ1v) is 9.00. The van der Waals surface area contributed by atoms with Crippen LogP contribution in [0.25, 0.3) is 0 Å². The average Bonchev–Trinajstić information content (AvgIpc) is 3.03. The summed E-state index contributed by atoms with van der Waals surface area (Å²) in [5.74, 6) is 0.938. The fraction of sp³-hybridized carbons (Fsp3) is 0.688. The van der Waals surface area contributed by atoms with E-state index in [0.717, 1.165) is 32.1 Å². The molecular weight excluding hydrogens is 407 g/mol. The van der Waals surface area contributed by atoms with E-state index in [4.69, 9.17) is 0 Å². The molecule has 1 saturated heterocycles. The molecule has 2 N–H and O–H groups in total. The highest BCUT2D eigenvalue weighted by molar-refractivity contribution is 14.0. The van der Waals surface area contributed by atoms with Crippen LogP contribution < -0.4 is 10.6 Å². The molecule has 2 rings (SSSR count). The minimum atomic E-state index is 0. The Bertz CT molecular complexity index is 422. The maximum atomic E-state index is 4.68. The van der Waals surface area contributed by atoms with Gasteiger partial charge in [-0.3, -0.25) is 4.90 Å². The number of halogens is 1. The van der Waals surface area contributed by atoms with Gasteiger partial charge in [-0.15, -0.1) is 35.3 Å². The number of nitrogens with zero attached hydrogens (tertiary/aromatic N) is 2. The topological polar surface area (TPSA) is 39.7 Å². The lowest BCUT2D eigenvalue weighted by molar-refractivity contribution is 0.157. The molecule has 6 heteroatoms. The number of hydrogen-bond acceptors (Lipinski definition) is 3. The molecule has 0 bridgehead atoms. The van der Waals surface area contributed by atoms with Crippen LogP contribution in [0.15, 0.2) is 22.5 Å². The highest BCUT2D eigenvalue weighted by Gasteiger charge is 2.20. The number of likely N-dealkylation sites (tertiary alicyclic amines) is 1. The van der Waals surface area contributed by atoms with Crippen molar-refractivity contribution in [3.63, 3.8) is 0 Å². The smallest absolute Gasteiger partial charge is 0.191 e. The van der Waals surface area contributed by atoms with E-state index in [1.807, 2.05) is 0 Å². The number of hydrogen-bond donors (Lipinski definition) is 2. The Morgan fingerprint density at radius 1 is 1.36 bits per heavy atom. The van der Waals surface area contributed by atoms with Crippen LogP contribution >= 0.6 is 35.3 Å². The van der Waals surface area contributed by atoms with E-state index < -0.39 is 0 Å². The predicted octanol–water partition coefficient (Wildman–Crippen LogP) is 3.30. The van der Waals surface area contributed by atoms with Crippen LogP contribution in [-0.4, -0.2) is 43.1 Å². The fourth-order valence-electron chi connectivity index (χ4n) is 2.82. The zero-order chi connectivity index (χ0) is 14.9. The molecule has 0 radical (unpaired) electrons. The van der Waals surface area contributed by atoms with Gasteiger partial charge in [-0.2, -0.15) is 0 Å². The van der Waals surface area contributed by atoms with Crippen LogP contribution in [0.1, 0.15) is 38.0 Å². The second kappa shape index (κ2) is 11.2. The number of aliphatic imine (C=N–C) groups is 1. The Kier molecular flexibility index (Phi) is 10.1. The molecular formula is C16H29IN4S. The zero-order valence-corrected chi connectivity index (χ0v) is 16.8. The fourth-order valence-corrected chi connectivity index (χ4v) is 3.45. The molecule has 0 spiro atoms. The summed E-state index contributed by atoms with van der Waals surface area (Å²) in [5, 5.41) is 8.96. The monoisotopic (exact) mass is 436 g/mol. The lowest BCUT2D eigenvalue weighted by atomic mass is 10.0. The number of rotatable bonds is 6. The number of nitrogens with one attached hydrogen (secondary N) is 2. The maximum absolute atomic E-state index is 4.68. The number of thiophene rings is 1. The predicted molar refractivity (Wildman–Crippen MR) is 107 cm³/mol. The molecule has 0 saturated carbocycles. The zero-order valence-electron chi connectivity index (χ0n) is 13.7. The Labute approximate surface area is 155 Å². The molecule has 2 heterocycles. The molecule has 1 aromatic heterocycles. The van der Waals surface area contributed by atoms with Crippen molar-refractivity contribution >= 4 is 41.3 Å². The van der Waals surface area contributed by atoms with Gasteiger partial charge in [-0.1, -0.05) is 19.4 Å². The number of piperidine rings is 1. The van der Waals surface area contributed by atoms with E-state index in [0.29, 0.717) is 6.04 Å². The van der Waals surface area contributed by atoms with E-state index in [1.165, 1.54) is 30.7 Å². The summed E-state index contributed by atoms with van der Waals surface area (Å²) in [4.78, 5) is 8.57. The van der Waals surface area contributed by atoms with Gasteiger partial charge in [-0.25, -0.2) is 4.99 Å². The first-order chi connectivity index (χ1) is 10.3. The molecule has 1 aromatic rings. The molecule has 1 unspecified atom stereocenters. The summed E-state index contributed by atoms with van der Waals surface area (Å²) in [6, 6.07) is 4.86. The van der Waals surface area contributed by atoms with Crippen LogP contribution in [0.4, 0.5) is 0 Å². The van der Waals surface area contributed by atoms with E-state index in [2.05, 4.69) is 51.9 Å². The Balaban J connectivity index is 0.00000242. The standard InChI is InChI=1S/C16H28N4S.HI/c1-3-17-16(19-13-15-9-7-11-21-15)18-12-14-8-5-6-10-20(14)4-2;/h7,9,11,14H,3-6,8,10,12-13H2,1-2H3,(H2,17,18,19);1H. The maximum Gasteiger partial charge on any atom is 0.191 e. The first kappa shape index (κ1) is 19.7. The SMILES string of the molecule is CCNC(=NCc1cccs1)NCC1CCCCN1CC.I. The third kappa shape index (κ3) is 6.42. The van der Waals surface area contributed by atoms with E-state index in [1.54, 1.807) is 11.3 Å². The van der Waals surface area contributed by atoms with Gasteiger partial charge >= 0.3 is 0 Å². The molecule has 1 aliphatic rings. The summed E-state index contributed by atoms with van der Waals surface area (Å²) in [5.41, 5.74) is 0. The molecule has 1 aliphatic heterocycles. The first-order valence-electron chi connectivity index (χ1n) is 8.12. The lowest BCUT2D eigenvalue weighted by Crippen LogP contribution is -2.49. The van der Waals surface area contributed by atoms with Gasteiger partial charge in [0, 0.05) is 24.0 Å². The van der Waals surface area contributed by atoms with Crippen molar-refractivity contribution in [1.29, 1.82) is 0 Å². The molecule has 0 amide bonds.